The molecule has 4 fully saturated rings. The van der Waals surface area contributed by atoms with Crippen molar-refractivity contribution < 1.29 is 46.5 Å². The van der Waals surface area contributed by atoms with E-state index in [0.717, 1.165) is 48.6 Å². The number of aromatic nitrogens is 1. The Hall–Kier alpha value is -4.60. The van der Waals surface area contributed by atoms with E-state index in [1.54, 1.807) is 13.2 Å². The van der Waals surface area contributed by atoms with Crippen LogP contribution in [0, 0.1) is 24.2 Å². The van der Waals surface area contributed by atoms with Crippen LogP contribution >= 0.6 is 0 Å². The zero-order chi connectivity index (χ0) is 42.3. The fraction of sp³-hybridized carbons (Fsp3) is 0.651. The SMILES string of the molecule is C=C[C@@H]1C[C@]1(NC(=O)[C@@H]1C[C@@H]2CN1C(=O)[C@H](C1CCCCC1)NC(=O)OCC(C)(C)CCCc1cc3c(cc(OCC)nc3c(C)c1OC)O2)C(=O)NS(=O)(=O)C1CC1. The van der Waals surface area contributed by atoms with Crippen molar-refractivity contribution in [3.05, 3.63) is 35.9 Å². The number of aryl methyl sites for hydroxylation is 2. The molecule has 3 heterocycles. The number of benzene rings is 1. The molecule has 1 aromatic carbocycles. The van der Waals surface area contributed by atoms with Crippen molar-refractivity contribution in [3.63, 3.8) is 0 Å². The molecule has 7 rings (SSSR count). The van der Waals surface area contributed by atoms with Crippen molar-refractivity contribution in [3.8, 4) is 17.4 Å². The Bertz CT molecular complexity index is 2100. The molecular weight excluding hydrogens is 779 g/mol. The fourth-order valence-electron chi connectivity index (χ4n) is 9.17. The summed E-state index contributed by atoms with van der Waals surface area (Å²) in [5.41, 5.74) is 0.455. The monoisotopic (exact) mass is 837 g/mol. The molecule has 4 bridgehead atoms. The summed E-state index contributed by atoms with van der Waals surface area (Å²) in [7, 11) is -2.28. The predicted molar refractivity (Wildman–Crippen MR) is 220 cm³/mol. The molecule has 5 atom stereocenters. The first kappa shape index (κ1) is 42.5. The van der Waals surface area contributed by atoms with Gasteiger partial charge in [-0.2, -0.15) is 0 Å². The molecular formula is C43H59N5O10S. The molecule has 15 nitrogen and oxygen atoms in total. The molecule has 5 aliphatic rings. The normalized spacial score (nSPS) is 27.7. The minimum Gasteiger partial charge on any atom is -0.496 e. The van der Waals surface area contributed by atoms with Gasteiger partial charge in [-0.25, -0.2) is 18.2 Å². The smallest absolute Gasteiger partial charge is 0.407 e. The molecule has 0 spiro atoms. The standard InChI is InChI=1S/C43H59N5O10S/c1-7-28-22-43(28,40(51)47-59(53,54)30-16-17-30)46-38(49)32-20-29-23-48(32)39(50)36(26-13-10-9-11-14-26)45-41(52)57-24-42(4,5)18-12-15-27-19-31-33(58-29)21-34(56-8-2)44-35(31)25(3)37(27)55-6/h7,19,21,26,28-30,32,36H,1,8-18,20,22-24H2,2-6H3,(H,45,52)(H,46,49)(H,47,51)/t28-,29-,32+,36+,43-/m1/s1. The molecule has 1 aromatic heterocycles. The van der Waals surface area contributed by atoms with Crippen LogP contribution in [-0.4, -0.2) is 98.0 Å². The highest BCUT2D eigenvalue weighted by Crippen LogP contribution is 2.46. The molecule has 322 valence electrons. The highest BCUT2D eigenvalue weighted by molar-refractivity contribution is 7.91. The van der Waals surface area contributed by atoms with Crippen LogP contribution in [0.15, 0.2) is 24.8 Å². The van der Waals surface area contributed by atoms with Crippen LogP contribution in [0.25, 0.3) is 10.9 Å². The summed E-state index contributed by atoms with van der Waals surface area (Å²) in [6, 6.07) is 1.63. The van der Waals surface area contributed by atoms with Gasteiger partial charge in [0.05, 0.1) is 37.6 Å². The molecule has 4 amide bonds. The zero-order valence-corrected chi connectivity index (χ0v) is 35.7. The fourth-order valence-corrected chi connectivity index (χ4v) is 10.5. The van der Waals surface area contributed by atoms with Gasteiger partial charge in [-0.1, -0.05) is 39.2 Å². The van der Waals surface area contributed by atoms with Crippen molar-refractivity contribution in [2.45, 2.75) is 134 Å². The second-order valence-electron chi connectivity index (χ2n) is 17.8. The van der Waals surface area contributed by atoms with E-state index >= 15 is 0 Å². The number of carbonyl (C=O) groups excluding carboxylic acids is 4. The molecule has 2 aromatic rings. The maximum Gasteiger partial charge on any atom is 0.407 e. The summed E-state index contributed by atoms with van der Waals surface area (Å²) in [4.78, 5) is 63.1. The van der Waals surface area contributed by atoms with E-state index in [-0.39, 0.29) is 37.3 Å². The lowest BCUT2D eigenvalue weighted by Crippen LogP contribution is -2.59. The Balaban J connectivity index is 1.28. The van der Waals surface area contributed by atoms with Gasteiger partial charge < -0.3 is 34.5 Å². The van der Waals surface area contributed by atoms with Gasteiger partial charge in [-0.3, -0.25) is 19.1 Å². The van der Waals surface area contributed by atoms with Crippen molar-refractivity contribution in [1.82, 2.24) is 25.2 Å². The van der Waals surface area contributed by atoms with Crippen LogP contribution in [0.1, 0.15) is 103 Å². The Morgan fingerprint density at radius 1 is 1.12 bits per heavy atom. The number of pyridine rings is 1. The van der Waals surface area contributed by atoms with Gasteiger partial charge in [0.1, 0.15) is 35.2 Å². The van der Waals surface area contributed by atoms with Gasteiger partial charge in [0.25, 0.3) is 5.91 Å². The molecule has 59 heavy (non-hydrogen) atoms. The average molecular weight is 838 g/mol. The van der Waals surface area contributed by atoms with Gasteiger partial charge >= 0.3 is 6.09 Å². The number of nitrogens with zero attached hydrogens (tertiary/aromatic N) is 2. The Kier molecular flexibility index (Phi) is 12.1. The third-order valence-corrected chi connectivity index (χ3v) is 14.6. The van der Waals surface area contributed by atoms with E-state index in [4.69, 9.17) is 23.9 Å². The van der Waals surface area contributed by atoms with E-state index in [0.29, 0.717) is 61.6 Å². The van der Waals surface area contributed by atoms with Crippen molar-refractivity contribution in [1.29, 1.82) is 0 Å². The quantitative estimate of drug-likeness (QED) is 0.273. The minimum absolute atomic E-state index is 0.0141. The lowest BCUT2D eigenvalue weighted by Gasteiger charge is -2.35. The zero-order valence-electron chi connectivity index (χ0n) is 34.9. The largest absolute Gasteiger partial charge is 0.496 e. The van der Waals surface area contributed by atoms with Crippen molar-refractivity contribution in [2.24, 2.45) is 17.3 Å². The van der Waals surface area contributed by atoms with E-state index in [1.807, 2.05) is 33.8 Å². The van der Waals surface area contributed by atoms with Crippen LogP contribution in [0.4, 0.5) is 4.79 Å². The number of alkyl carbamates (subject to hydrolysis) is 1. The van der Waals surface area contributed by atoms with E-state index in [9.17, 15) is 27.6 Å². The van der Waals surface area contributed by atoms with Crippen molar-refractivity contribution in [2.75, 3.05) is 26.9 Å². The molecule has 3 aliphatic carbocycles. The number of rotatable bonds is 10. The molecule has 0 radical (unpaired) electrons. The lowest BCUT2D eigenvalue weighted by atomic mass is 9.83. The Labute approximate surface area is 346 Å². The summed E-state index contributed by atoms with van der Waals surface area (Å²) < 4.78 is 52.3. The molecule has 3 saturated carbocycles. The van der Waals surface area contributed by atoms with Gasteiger partial charge in [0.2, 0.25) is 27.7 Å². The number of ether oxygens (including phenoxy) is 4. The number of hydrogen-bond acceptors (Lipinski definition) is 11. The summed E-state index contributed by atoms with van der Waals surface area (Å²) in [5, 5.41) is 5.86. The summed E-state index contributed by atoms with van der Waals surface area (Å²) >= 11 is 0. The van der Waals surface area contributed by atoms with E-state index in [2.05, 4.69) is 21.9 Å². The first-order chi connectivity index (χ1) is 28.1. The first-order valence-corrected chi connectivity index (χ1v) is 22.7. The van der Waals surface area contributed by atoms with Crippen LogP contribution in [0.2, 0.25) is 0 Å². The molecule has 2 aliphatic heterocycles. The molecule has 0 unspecified atom stereocenters. The number of fused-ring (bicyclic) bond motifs is 3. The summed E-state index contributed by atoms with van der Waals surface area (Å²) in [5.74, 6) is -1.13. The second-order valence-corrected chi connectivity index (χ2v) is 19.7. The van der Waals surface area contributed by atoms with Gasteiger partial charge in [-0.05, 0) is 88.2 Å². The number of amides is 4. The highest BCUT2D eigenvalue weighted by Gasteiger charge is 2.62. The molecule has 1 saturated heterocycles. The second kappa shape index (κ2) is 16.8. The number of sulfonamides is 1. The summed E-state index contributed by atoms with van der Waals surface area (Å²) in [6.45, 7) is 12.2. The highest BCUT2D eigenvalue weighted by atomic mass is 32.2. The van der Waals surface area contributed by atoms with Crippen LogP contribution < -0.4 is 29.6 Å². The van der Waals surface area contributed by atoms with E-state index in [1.165, 1.54) is 11.0 Å². The molecule has 16 heteroatoms. The third-order valence-electron chi connectivity index (χ3n) is 12.7. The lowest BCUT2D eigenvalue weighted by molar-refractivity contribution is -0.142. The number of carbonyl (C=O) groups is 4. The van der Waals surface area contributed by atoms with Gasteiger partial charge in [0.15, 0.2) is 0 Å². The van der Waals surface area contributed by atoms with E-state index < -0.39 is 68.7 Å². The number of hydrogen-bond donors (Lipinski definition) is 3. The van der Waals surface area contributed by atoms with Gasteiger partial charge in [-0.15, -0.1) is 6.58 Å². The van der Waals surface area contributed by atoms with Crippen LogP contribution in [0.5, 0.6) is 17.4 Å². The number of nitrogens with one attached hydrogen (secondary N) is 3. The Morgan fingerprint density at radius 2 is 1.86 bits per heavy atom. The van der Waals surface area contributed by atoms with Crippen LogP contribution in [-0.2, 0) is 35.6 Å². The van der Waals surface area contributed by atoms with Crippen molar-refractivity contribution >= 4 is 44.7 Å². The predicted octanol–water partition coefficient (Wildman–Crippen LogP) is 5.01. The average Bonchev–Trinajstić information content (AvgIpc) is 4.13. The maximum absolute atomic E-state index is 15.0. The van der Waals surface area contributed by atoms with Gasteiger partial charge in [0, 0.05) is 29.4 Å². The first-order valence-electron chi connectivity index (χ1n) is 21.1. The number of cyclic esters (lactones) is 1. The Morgan fingerprint density at radius 3 is 2.53 bits per heavy atom. The van der Waals surface area contributed by atoms with Crippen LogP contribution in [0.3, 0.4) is 0 Å². The number of methoxy groups -OCH3 is 1. The third kappa shape index (κ3) is 8.97. The summed E-state index contributed by atoms with van der Waals surface area (Å²) in [6.07, 6.45) is 7.61. The maximum atomic E-state index is 15.0. The minimum atomic E-state index is -3.91. The molecule has 3 N–H and O–H groups in total. The topological polar surface area (TPSA) is 192 Å².